The molecular weight excluding hydrogens is 278 g/mol. The third-order valence-corrected chi connectivity index (χ3v) is 5.36. The minimum atomic E-state index is 0.101. The summed E-state index contributed by atoms with van der Waals surface area (Å²) in [5.74, 6) is 0.449. The summed E-state index contributed by atoms with van der Waals surface area (Å²) in [4.78, 5) is 17.5. The number of nitrogens with one attached hydrogen (secondary N) is 1. The summed E-state index contributed by atoms with van der Waals surface area (Å²) < 4.78 is 0. The van der Waals surface area contributed by atoms with Crippen LogP contribution in [0, 0.1) is 5.92 Å². The van der Waals surface area contributed by atoms with Crippen LogP contribution < -0.4 is 0 Å². The molecule has 1 N–H and O–H groups in total. The number of nitrogens with zero attached hydrogens (tertiary/aromatic N) is 4. The number of carbonyl (C=O) groups excluding carboxylic acids is 1. The summed E-state index contributed by atoms with van der Waals surface area (Å²) in [6, 6.07) is 1.27. The molecule has 1 amide bonds. The van der Waals surface area contributed by atoms with E-state index in [9.17, 15) is 4.79 Å². The molecule has 6 nitrogen and oxygen atoms in total. The third kappa shape index (κ3) is 2.89. The van der Waals surface area contributed by atoms with E-state index in [2.05, 4.69) is 32.3 Å². The number of hydrogen-bond acceptors (Lipinski definition) is 4. The molecular formula is C16H25N5O. The number of amides is 1. The molecule has 2 fully saturated rings. The van der Waals surface area contributed by atoms with Gasteiger partial charge in [0.05, 0.1) is 11.4 Å². The molecule has 120 valence electrons. The van der Waals surface area contributed by atoms with Gasteiger partial charge in [-0.15, -0.1) is 0 Å². The predicted molar refractivity (Wildman–Crippen MR) is 82.3 cm³/mol. The Labute approximate surface area is 131 Å². The number of fused-ring (bicyclic) bond motifs is 1. The van der Waals surface area contributed by atoms with E-state index in [0.717, 1.165) is 49.8 Å². The molecule has 1 aromatic rings. The molecule has 0 radical (unpaired) electrons. The molecule has 0 aliphatic heterocycles. The van der Waals surface area contributed by atoms with E-state index in [0.29, 0.717) is 11.9 Å². The van der Waals surface area contributed by atoms with Crippen molar-refractivity contribution in [3.05, 3.63) is 11.4 Å². The molecule has 1 atom stereocenters. The molecule has 6 heteroatoms. The van der Waals surface area contributed by atoms with Gasteiger partial charge < -0.3 is 9.80 Å². The van der Waals surface area contributed by atoms with Crippen molar-refractivity contribution in [2.45, 2.75) is 57.0 Å². The fourth-order valence-corrected chi connectivity index (χ4v) is 3.55. The highest BCUT2D eigenvalue weighted by atomic mass is 16.2. The van der Waals surface area contributed by atoms with Crippen LogP contribution >= 0.6 is 0 Å². The topological polar surface area (TPSA) is 65.1 Å². The number of aromatic nitrogens is 3. The van der Waals surface area contributed by atoms with E-state index in [4.69, 9.17) is 0 Å². The van der Waals surface area contributed by atoms with Gasteiger partial charge in [0, 0.05) is 37.5 Å². The van der Waals surface area contributed by atoms with Crippen LogP contribution in [-0.2, 0) is 17.6 Å². The number of aromatic amines is 1. The lowest BCUT2D eigenvalue weighted by Gasteiger charge is -2.30. The highest BCUT2D eigenvalue weighted by molar-refractivity contribution is 5.80. The predicted octanol–water partition coefficient (Wildman–Crippen LogP) is 0.995. The molecule has 2 saturated carbocycles. The second-order valence-corrected chi connectivity index (χ2v) is 7.13. The van der Waals surface area contributed by atoms with Gasteiger partial charge in [-0.25, -0.2) is 0 Å². The molecule has 3 aliphatic carbocycles. The molecule has 22 heavy (non-hydrogen) atoms. The zero-order chi connectivity index (χ0) is 15.1. The lowest BCUT2D eigenvalue weighted by atomic mass is 9.88. The number of rotatable bonds is 6. The number of likely N-dealkylation sites (N-methyl/N-ethyl adjacent to an activating group) is 1. The Hall–Kier alpha value is -1.43. The van der Waals surface area contributed by atoms with Gasteiger partial charge in [-0.05, 0) is 45.6 Å². The molecule has 0 spiro atoms. The monoisotopic (exact) mass is 303 g/mol. The van der Waals surface area contributed by atoms with Crippen molar-refractivity contribution < 1.29 is 4.79 Å². The highest BCUT2D eigenvalue weighted by Crippen LogP contribution is 2.32. The first-order valence-electron chi connectivity index (χ1n) is 8.61. The Balaban J connectivity index is 1.38. The SMILES string of the molecule is CN(CCN(C(=O)C1CCc2n[nH]nc2C1)C1CC1)C1CC1. The van der Waals surface area contributed by atoms with Crippen LogP contribution in [-0.4, -0.2) is 63.3 Å². The number of aryl methyl sites for hydroxylation is 1. The highest BCUT2D eigenvalue weighted by Gasteiger charge is 2.38. The van der Waals surface area contributed by atoms with Gasteiger partial charge in [0.1, 0.15) is 0 Å². The van der Waals surface area contributed by atoms with Gasteiger partial charge in [-0.1, -0.05) is 0 Å². The first-order chi connectivity index (χ1) is 10.7. The largest absolute Gasteiger partial charge is 0.338 e. The normalized spacial score (nSPS) is 24.4. The lowest BCUT2D eigenvalue weighted by Crippen LogP contribution is -2.43. The maximum absolute atomic E-state index is 13.0. The van der Waals surface area contributed by atoms with Crippen molar-refractivity contribution in [3.63, 3.8) is 0 Å². The average molecular weight is 303 g/mol. The van der Waals surface area contributed by atoms with E-state index in [-0.39, 0.29) is 5.92 Å². The Bertz CT molecular complexity index is 548. The smallest absolute Gasteiger partial charge is 0.226 e. The van der Waals surface area contributed by atoms with Crippen LogP contribution in [0.2, 0.25) is 0 Å². The molecule has 1 heterocycles. The molecule has 1 unspecified atom stereocenters. The van der Waals surface area contributed by atoms with Crippen LogP contribution in [0.3, 0.4) is 0 Å². The molecule has 0 aromatic carbocycles. The number of carbonyl (C=O) groups is 1. The second kappa shape index (κ2) is 5.65. The standard InChI is InChI=1S/C16H25N5O/c1-20(12-3-4-12)8-9-21(13-5-6-13)16(22)11-2-7-14-15(10-11)18-19-17-14/h11-13H,2-10H2,1H3,(H,17,18,19). The van der Waals surface area contributed by atoms with Gasteiger partial charge in [0.2, 0.25) is 5.91 Å². The fraction of sp³-hybridized carbons (Fsp3) is 0.812. The molecule has 3 aliphatic rings. The zero-order valence-electron chi connectivity index (χ0n) is 13.3. The van der Waals surface area contributed by atoms with Gasteiger partial charge in [-0.3, -0.25) is 4.79 Å². The molecule has 4 rings (SSSR count). The van der Waals surface area contributed by atoms with Crippen molar-refractivity contribution in [1.29, 1.82) is 0 Å². The fourth-order valence-electron chi connectivity index (χ4n) is 3.55. The van der Waals surface area contributed by atoms with E-state index in [1.165, 1.54) is 25.7 Å². The quantitative estimate of drug-likeness (QED) is 0.851. The summed E-state index contributed by atoms with van der Waals surface area (Å²) >= 11 is 0. The Morgan fingerprint density at radius 3 is 2.55 bits per heavy atom. The minimum Gasteiger partial charge on any atom is -0.338 e. The van der Waals surface area contributed by atoms with E-state index < -0.39 is 0 Å². The molecule has 0 bridgehead atoms. The maximum atomic E-state index is 13.0. The first-order valence-corrected chi connectivity index (χ1v) is 8.61. The van der Waals surface area contributed by atoms with Crippen molar-refractivity contribution in [2.75, 3.05) is 20.1 Å². The summed E-state index contributed by atoms with van der Waals surface area (Å²) in [5, 5.41) is 11.1. The van der Waals surface area contributed by atoms with Crippen molar-refractivity contribution >= 4 is 5.91 Å². The van der Waals surface area contributed by atoms with Crippen LogP contribution in [0.25, 0.3) is 0 Å². The summed E-state index contributed by atoms with van der Waals surface area (Å²) in [5.41, 5.74) is 2.05. The van der Waals surface area contributed by atoms with Gasteiger partial charge in [0.25, 0.3) is 0 Å². The van der Waals surface area contributed by atoms with Crippen LogP contribution in [0.5, 0.6) is 0 Å². The first kappa shape index (κ1) is 14.2. The summed E-state index contributed by atoms with van der Waals surface area (Å²) in [7, 11) is 2.19. The minimum absolute atomic E-state index is 0.101. The molecule has 1 aromatic heterocycles. The van der Waals surface area contributed by atoms with Crippen LogP contribution in [0.15, 0.2) is 0 Å². The Morgan fingerprint density at radius 2 is 1.82 bits per heavy atom. The second-order valence-electron chi connectivity index (χ2n) is 7.13. The van der Waals surface area contributed by atoms with Gasteiger partial charge in [0.15, 0.2) is 0 Å². The van der Waals surface area contributed by atoms with Gasteiger partial charge in [-0.2, -0.15) is 15.4 Å². The number of hydrogen-bond donors (Lipinski definition) is 1. The van der Waals surface area contributed by atoms with Gasteiger partial charge >= 0.3 is 0 Å². The number of H-pyrrole nitrogens is 1. The van der Waals surface area contributed by atoms with E-state index in [1.54, 1.807) is 0 Å². The lowest BCUT2D eigenvalue weighted by molar-refractivity contribution is -0.136. The van der Waals surface area contributed by atoms with Crippen LogP contribution in [0.4, 0.5) is 0 Å². The third-order valence-electron chi connectivity index (χ3n) is 5.36. The van der Waals surface area contributed by atoms with Crippen molar-refractivity contribution in [1.82, 2.24) is 25.2 Å². The Morgan fingerprint density at radius 1 is 1.09 bits per heavy atom. The summed E-state index contributed by atoms with van der Waals surface area (Å²) in [6.07, 6.45) is 7.56. The Kier molecular flexibility index (Phi) is 3.64. The zero-order valence-corrected chi connectivity index (χ0v) is 13.3. The van der Waals surface area contributed by atoms with Crippen molar-refractivity contribution in [2.24, 2.45) is 5.92 Å². The molecule has 0 saturated heterocycles. The summed E-state index contributed by atoms with van der Waals surface area (Å²) in [6.45, 7) is 1.90. The van der Waals surface area contributed by atoms with E-state index >= 15 is 0 Å². The average Bonchev–Trinajstić information content (AvgIpc) is 3.44. The maximum Gasteiger partial charge on any atom is 0.226 e. The van der Waals surface area contributed by atoms with Crippen molar-refractivity contribution in [3.8, 4) is 0 Å². The van der Waals surface area contributed by atoms with Crippen LogP contribution in [0.1, 0.15) is 43.5 Å². The van der Waals surface area contributed by atoms with E-state index in [1.807, 2.05) is 0 Å².